The van der Waals surface area contributed by atoms with Gasteiger partial charge in [0.05, 0.1) is 22.7 Å². The summed E-state index contributed by atoms with van der Waals surface area (Å²) in [6.45, 7) is 8.58. The van der Waals surface area contributed by atoms with Crippen LogP contribution in [0.15, 0.2) is 29.2 Å². The lowest BCUT2D eigenvalue weighted by Crippen LogP contribution is -2.49. The molecular formula is C19H28N2O6S. The minimum absolute atomic E-state index is 0.0660. The molecule has 0 aromatic heterocycles. The molecule has 0 N–H and O–H groups in total. The summed E-state index contributed by atoms with van der Waals surface area (Å²) in [4.78, 5) is 26.2. The Morgan fingerprint density at radius 1 is 1.11 bits per heavy atom. The van der Waals surface area contributed by atoms with E-state index < -0.39 is 16.0 Å². The second-order valence-electron chi connectivity index (χ2n) is 6.75. The zero-order chi connectivity index (χ0) is 20.9. The molecule has 1 aliphatic rings. The number of ether oxygens (including phenoxy) is 2. The van der Waals surface area contributed by atoms with Gasteiger partial charge in [-0.15, -0.1) is 0 Å². The average Bonchev–Trinajstić information content (AvgIpc) is 2.66. The minimum Gasteiger partial charge on any atom is -0.452 e. The molecule has 28 heavy (non-hydrogen) atoms. The number of esters is 1. The Morgan fingerprint density at radius 3 is 2.14 bits per heavy atom. The molecule has 9 heteroatoms. The van der Waals surface area contributed by atoms with E-state index in [1.807, 2.05) is 13.8 Å². The molecule has 1 aromatic carbocycles. The Balaban J connectivity index is 1.97. The van der Waals surface area contributed by atoms with Crippen molar-refractivity contribution in [2.75, 3.05) is 32.8 Å². The topological polar surface area (TPSA) is 93.2 Å². The van der Waals surface area contributed by atoms with Crippen LogP contribution >= 0.6 is 0 Å². The summed E-state index contributed by atoms with van der Waals surface area (Å²) >= 11 is 0. The predicted molar refractivity (Wildman–Crippen MR) is 103 cm³/mol. The third-order valence-corrected chi connectivity index (χ3v) is 6.60. The Labute approximate surface area is 166 Å². The van der Waals surface area contributed by atoms with Gasteiger partial charge in [0, 0.05) is 26.2 Å². The van der Waals surface area contributed by atoms with E-state index in [0.29, 0.717) is 26.2 Å². The first kappa shape index (κ1) is 22.3. The third-order valence-electron chi connectivity index (χ3n) is 4.53. The van der Waals surface area contributed by atoms with E-state index in [4.69, 9.17) is 9.47 Å². The zero-order valence-electron chi connectivity index (χ0n) is 16.8. The minimum atomic E-state index is -3.59. The molecule has 0 radical (unpaired) electrons. The second-order valence-corrected chi connectivity index (χ2v) is 8.68. The lowest BCUT2D eigenvalue weighted by molar-refractivity contribution is -0.146. The van der Waals surface area contributed by atoms with Gasteiger partial charge in [-0.25, -0.2) is 13.2 Å². The highest BCUT2D eigenvalue weighted by molar-refractivity contribution is 7.89. The number of hydrogen-bond acceptors (Lipinski definition) is 6. The van der Waals surface area contributed by atoms with Gasteiger partial charge in [0.25, 0.3) is 5.91 Å². The molecule has 0 spiro atoms. The summed E-state index contributed by atoms with van der Waals surface area (Å²) in [5, 5.41) is 0. The molecule has 0 saturated carbocycles. The lowest BCUT2D eigenvalue weighted by atomic mass is 10.2. The van der Waals surface area contributed by atoms with Crippen molar-refractivity contribution in [1.29, 1.82) is 0 Å². The Morgan fingerprint density at radius 2 is 1.64 bits per heavy atom. The van der Waals surface area contributed by atoms with Crippen LogP contribution < -0.4 is 0 Å². The average molecular weight is 413 g/mol. The maximum absolute atomic E-state index is 12.5. The van der Waals surface area contributed by atoms with Gasteiger partial charge in [-0.05, 0) is 38.1 Å². The molecule has 1 aromatic rings. The second kappa shape index (κ2) is 9.49. The van der Waals surface area contributed by atoms with Crippen LogP contribution in [0.5, 0.6) is 0 Å². The van der Waals surface area contributed by atoms with Crippen LogP contribution in [-0.4, -0.2) is 74.5 Å². The highest BCUT2D eigenvalue weighted by Crippen LogP contribution is 2.17. The summed E-state index contributed by atoms with van der Waals surface area (Å²) in [5.74, 6) is -0.953. The predicted octanol–water partition coefficient (Wildman–Crippen LogP) is 1.51. The molecule has 2 atom stereocenters. The van der Waals surface area contributed by atoms with Crippen molar-refractivity contribution in [3.63, 3.8) is 0 Å². The summed E-state index contributed by atoms with van der Waals surface area (Å²) in [7, 11) is -3.59. The Kier molecular flexibility index (Phi) is 7.56. The van der Waals surface area contributed by atoms with Crippen molar-refractivity contribution in [2.24, 2.45) is 0 Å². The van der Waals surface area contributed by atoms with Gasteiger partial charge >= 0.3 is 5.97 Å². The van der Waals surface area contributed by atoms with Crippen LogP contribution in [0.4, 0.5) is 0 Å². The van der Waals surface area contributed by atoms with E-state index in [9.17, 15) is 18.0 Å². The number of carbonyl (C=O) groups is 2. The van der Waals surface area contributed by atoms with Crippen LogP contribution in [0.25, 0.3) is 0 Å². The smallest absolute Gasteiger partial charge is 0.338 e. The quantitative estimate of drug-likeness (QED) is 0.630. The van der Waals surface area contributed by atoms with Crippen LogP contribution in [0.3, 0.4) is 0 Å². The van der Waals surface area contributed by atoms with E-state index in [2.05, 4.69) is 0 Å². The molecule has 1 aliphatic heterocycles. The number of rotatable bonds is 7. The highest BCUT2D eigenvalue weighted by atomic mass is 32.2. The van der Waals surface area contributed by atoms with Crippen molar-refractivity contribution in [3.05, 3.63) is 29.8 Å². The molecule has 0 aliphatic carbocycles. The van der Waals surface area contributed by atoms with Gasteiger partial charge < -0.3 is 14.4 Å². The van der Waals surface area contributed by atoms with Gasteiger partial charge in [0.1, 0.15) is 0 Å². The Bertz CT molecular complexity index is 779. The monoisotopic (exact) mass is 412 g/mol. The van der Waals surface area contributed by atoms with Gasteiger partial charge in [0.15, 0.2) is 6.61 Å². The Hall–Kier alpha value is -1.97. The SMILES string of the molecule is CCN(CC)S(=O)(=O)c1ccc(C(=O)OCC(=O)N2CC(C)OC(C)C2)cc1. The largest absolute Gasteiger partial charge is 0.452 e. The fraction of sp³-hybridized carbons (Fsp3) is 0.579. The van der Waals surface area contributed by atoms with E-state index in [1.54, 1.807) is 18.7 Å². The van der Waals surface area contributed by atoms with Crippen molar-refractivity contribution in [3.8, 4) is 0 Å². The number of hydrogen-bond donors (Lipinski definition) is 0. The molecule has 1 amide bonds. The van der Waals surface area contributed by atoms with Crippen LogP contribution in [0.1, 0.15) is 38.1 Å². The standard InChI is InChI=1S/C19H28N2O6S/c1-5-21(6-2)28(24,25)17-9-7-16(8-10-17)19(23)26-13-18(22)20-11-14(3)27-15(4)12-20/h7-10,14-15H,5-6,11-13H2,1-4H3. The molecule has 156 valence electrons. The number of morpholine rings is 1. The number of nitrogens with zero attached hydrogens (tertiary/aromatic N) is 2. The zero-order valence-corrected chi connectivity index (χ0v) is 17.6. The molecule has 1 saturated heterocycles. The number of amides is 1. The first-order valence-electron chi connectivity index (χ1n) is 9.39. The van der Waals surface area contributed by atoms with Gasteiger partial charge in [-0.1, -0.05) is 13.8 Å². The summed E-state index contributed by atoms with van der Waals surface area (Å²) in [6, 6.07) is 5.53. The van der Waals surface area contributed by atoms with Crippen LogP contribution in [0.2, 0.25) is 0 Å². The van der Waals surface area contributed by atoms with Crippen molar-refractivity contribution < 1.29 is 27.5 Å². The summed E-state index contributed by atoms with van der Waals surface area (Å²) in [5.41, 5.74) is 0.190. The number of carbonyl (C=O) groups excluding carboxylic acids is 2. The molecule has 1 heterocycles. The fourth-order valence-corrected chi connectivity index (χ4v) is 4.62. The molecule has 0 bridgehead atoms. The van der Waals surface area contributed by atoms with E-state index in [1.165, 1.54) is 28.6 Å². The molecule has 2 rings (SSSR count). The summed E-state index contributed by atoms with van der Waals surface area (Å²) < 4.78 is 36.9. The van der Waals surface area contributed by atoms with E-state index >= 15 is 0 Å². The molecule has 1 fully saturated rings. The first-order valence-corrected chi connectivity index (χ1v) is 10.8. The van der Waals surface area contributed by atoms with Crippen LogP contribution in [-0.2, 0) is 24.3 Å². The van der Waals surface area contributed by atoms with Gasteiger partial charge in [0.2, 0.25) is 10.0 Å². The van der Waals surface area contributed by atoms with Gasteiger partial charge in [-0.3, -0.25) is 4.79 Å². The van der Waals surface area contributed by atoms with Crippen molar-refractivity contribution >= 4 is 21.9 Å². The van der Waals surface area contributed by atoms with Crippen molar-refractivity contribution in [1.82, 2.24) is 9.21 Å². The maximum atomic E-state index is 12.5. The third kappa shape index (κ3) is 5.30. The molecular weight excluding hydrogens is 384 g/mol. The van der Waals surface area contributed by atoms with Gasteiger partial charge in [-0.2, -0.15) is 4.31 Å². The lowest BCUT2D eigenvalue weighted by Gasteiger charge is -2.35. The number of sulfonamides is 1. The van der Waals surface area contributed by atoms with E-state index in [0.717, 1.165) is 0 Å². The molecule has 2 unspecified atom stereocenters. The van der Waals surface area contributed by atoms with E-state index in [-0.39, 0.29) is 35.2 Å². The highest BCUT2D eigenvalue weighted by Gasteiger charge is 2.27. The van der Waals surface area contributed by atoms with Crippen LogP contribution in [0, 0.1) is 0 Å². The number of benzene rings is 1. The maximum Gasteiger partial charge on any atom is 0.338 e. The fourth-order valence-electron chi connectivity index (χ4n) is 3.16. The summed E-state index contributed by atoms with van der Waals surface area (Å²) in [6.07, 6.45) is -0.132. The first-order chi connectivity index (χ1) is 13.2. The van der Waals surface area contributed by atoms with Crippen molar-refractivity contribution in [2.45, 2.75) is 44.8 Å². The molecule has 8 nitrogen and oxygen atoms in total. The normalized spacial score (nSPS) is 20.2.